The molecule has 4 N–H and O–H groups in total. The van der Waals surface area contributed by atoms with Crippen molar-refractivity contribution in [3.63, 3.8) is 0 Å². The Morgan fingerprint density at radius 1 is 1.44 bits per heavy atom. The van der Waals surface area contributed by atoms with Gasteiger partial charge in [-0.1, -0.05) is 12.1 Å². The minimum absolute atomic E-state index is 0.0335. The molecule has 0 atom stereocenters. The largest absolute Gasteiger partial charge is 0.380 e. The van der Waals surface area contributed by atoms with Crippen LogP contribution in [0.1, 0.15) is 0 Å². The molecule has 0 unspecified atom stereocenters. The third-order valence-corrected chi connectivity index (χ3v) is 1.90. The second-order valence-corrected chi connectivity index (χ2v) is 2.99. The fraction of sp³-hybridized carbons (Fsp3) is 0. The molecule has 0 radical (unpaired) electrons. The fourth-order valence-electron chi connectivity index (χ4n) is 1.11. The maximum absolute atomic E-state index is 13.2. The van der Waals surface area contributed by atoms with E-state index < -0.39 is 11.7 Å². The van der Waals surface area contributed by atoms with Crippen LogP contribution in [0.2, 0.25) is 0 Å². The summed E-state index contributed by atoms with van der Waals surface area (Å²) in [5.74, 6) is -1.03. The van der Waals surface area contributed by atoms with E-state index in [0.717, 1.165) is 0 Å². The highest BCUT2D eigenvalue weighted by Gasteiger charge is 2.22. The summed E-state index contributed by atoms with van der Waals surface area (Å²) in [7, 11) is 0. The van der Waals surface area contributed by atoms with E-state index in [0.29, 0.717) is 0 Å². The van der Waals surface area contributed by atoms with Crippen molar-refractivity contribution < 1.29 is 9.18 Å². The van der Waals surface area contributed by atoms with Gasteiger partial charge in [0.2, 0.25) is 0 Å². The van der Waals surface area contributed by atoms with Gasteiger partial charge in [0, 0.05) is 0 Å². The monoisotopic (exact) mass is 221 g/mol. The number of nitrogens with two attached hydrogens (primary N) is 1. The first-order valence-electron chi connectivity index (χ1n) is 4.40. The molecule has 0 aliphatic carbocycles. The van der Waals surface area contributed by atoms with Gasteiger partial charge in [-0.3, -0.25) is 10.2 Å². The molecule has 0 saturated carbocycles. The summed E-state index contributed by atoms with van der Waals surface area (Å²) in [6.45, 7) is 0. The molecule has 0 bridgehead atoms. The summed E-state index contributed by atoms with van der Waals surface area (Å²) in [6.07, 6.45) is 0. The summed E-state index contributed by atoms with van der Waals surface area (Å²) in [6, 6.07) is 5.94. The molecule has 1 aromatic carbocycles. The second-order valence-electron chi connectivity index (χ2n) is 2.99. The molecular formula is C9H8FN5O. The Balaban J connectivity index is 2.18. The molecule has 16 heavy (non-hydrogen) atoms. The first-order chi connectivity index (χ1) is 7.68. The van der Waals surface area contributed by atoms with Crippen LogP contribution in [0.15, 0.2) is 34.5 Å². The average Bonchev–Trinajstić information content (AvgIpc) is 2.58. The Morgan fingerprint density at radius 2 is 2.19 bits per heavy atom. The van der Waals surface area contributed by atoms with Gasteiger partial charge in [0.25, 0.3) is 5.91 Å². The average molecular weight is 221 g/mol. The Morgan fingerprint density at radius 3 is 2.81 bits per heavy atom. The molecule has 1 amide bonds. The van der Waals surface area contributed by atoms with Crippen molar-refractivity contribution in [1.82, 2.24) is 5.43 Å². The highest BCUT2D eigenvalue weighted by atomic mass is 19.1. The molecule has 2 rings (SSSR count). The van der Waals surface area contributed by atoms with Crippen molar-refractivity contribution in [2.75, 3.05) is 5.43 Å². The lowest BCUT2D eigenvalue weighted by Crippen LogP contribution is -2.28. The number of hydrogen-bond donors (Lipinski definition) is 3. The van der Waals surface area contributed by atoms with Gasteiger partial charge in [0.15, 0.2) is 11.5 Å². The number of benzene rings is 1. The Bertz CT molecular complexity index is 496. The predicted octanol–water partition coefficient (Wildman–Crippen LogP) is -0.00440. The summed E-state index contributed by atoms with van der Waals surface area (Å²) in [5.41, 5.74) is 10.00. The van der Waals surface area contributed by atoms with E-state index in [1.807, 2.05) is 0 Å². The smallest absolute Gasteiger partial charge is 0.295 e. The van der Waals surface area contributed by atoms with Gasteiger partial charge in [-0.15, -0.1) is 0 Å². The molecule has 0 saturated heterocycles. The third-order valence-electron chi connectivity index (χ3n) is 1.90. The van der Waals surface area contributed by atoms with E-state index in [-0.39, 0.29) is 17.2 Å². The van der Waals surface area contributed by atoms with Crippen molar-refractivity contribution in [3.05, 3.63) is 30.1 Å². The number of rotatable bonds is 2. The molecule has 1 aliphatic rings. The minimum atomic E-state index is -0.527. The van der Waals surface area contributed by atoms with Crippen molar-refractivity contribution in [2.45, 2.75) is 0 Å². The third kappa shape index (κ3) is 1.83. The summed E-state index contributed by atoms with van der Waals surface area (Å²) >= 11 is 0. The number of hydrogen-bond acceptors (Lipinski definition) is 5. The molecule has 7 heteroatoms. The lowest BCUT2D eigenvalue weighted by atomic mass is 10.3. The van der Waals surface area contributed by atoms with E-state index in [4.69, 9.17) is 5.73 Å². The molecule has 1 aromatic rings. The van der Waals surface area contributed by atoms with E-state index in [1.54, 1.807) is 12.1 Å². The maximum Gasteiger partial charge on any atom is 0.295 e. The number of nitrogens with one attached hydrogen (secondary N) is 2. The zero-order valence-electron chi connectivity index (χ0n) is 8.07. The Hall–Kier alpha value is -2.44. The number of nitrogens with zero attached hydrogens (tertiary/aromatic N) is 2. The lowest BCUT2D eigenvalue weighted by Gasteiger charge is -2.01. The van der Waals surface area contributed by atoms with Crippen LogP contribution in [-0.4, -0.2) is 17.5 Å². The van der Waals surface area contributed by atoms with E-state index in [1.165, 1.54) is 12.1 Å². The number of amidine groups is 1. The molecule has 0 fully saturated rings. The van der Waals surface area contributed by atoms with Crippen LogP contribution in [0.3, 0.4) is 0 Å². The van der Waals surface area contributed by atoms with Crippen LogP contribution < -0.4 is 16.6 Å². The molecule has 6 nitrogen and oxygen atoms in total. The molecular weight excluding hydrogens is 213 g/mol. The lowest BCUT2D eigenvalue weighted by molar-refractivity contribution is -0.114. The zero-order valence-corrected chi connectivity index (χ0v) is 8.07. The topological polar surface area (TPSA) is 91.9 Å². The van der Waals surface area contributed by atoms with Crippen LogP contribution in [-0.2, 0) is 4.79 Å². The van der Waals surface area contributed by atoms with Crippen LogP contribution in [0.4, 0.5) is 10.1 Å². The highest BCUT2D eigenvalue weighted by Crippen LogP contribution is 2.12. The molecule has 1 aliphatic heterocycles. The summed E-state index contributed by atoms with van der Waals surface area (Å²) in [4.78, 5) is 11.1. The number of hydrazone groups is 2. The van der Waals surface area contributed by atoms with Crippen molar-refractivity contribution in [1.29, 1.82) is 0 Å². The van der Waals surface area contributed by atoms with Gasteiger partial charge < -0.3 is 5.73 Å². The normalized spacial score (nSPS) is 17.2. The van der Waals surface area contributed by atoms with Gasteiger partial charge in [0.1, 0.15) is 5.82 Å². The van der Waals surface area contributed by atoms with Gasteiger partial charge >= 0.3 is 0 Å². The Kier molecular flexibility index (Phi) is 2.50. The van der Waals surface area contributed by atoms with E-state index >= 15 is 0 Å². The maximum atomic E-state index is 13.2. The van der Waals surface area contributed by atoms with Gasteiger partial charge in [0.05, 0.1) is 5.69 Å². The van der Waals surface area contributed by atoms with Gasteiger partial charge in [-0.2, -0.15) is 10.2 Å². The number of anilines is 1. The highest BCUT2D eigenvalue weighted by molar-refractivity contribution is 6.68. The van der Waals surface area contributed by atoms with Gasteiger partial charge in [-0.25, -0.2) is 9.82 Å². The van der Waals surface area contributed by atoms with Crippen LogP contribution in [0.25, 0.3) is 0 Å². The standard InChI is InChI=1S/C9H8FN5O/c10-5-3-1-2-4-6(5)12-13-7-8(11)14-15-9(7)16/h1-4,12H,(H3,11,13,14,15,16). The summed E-state index contributed by atoms with van der Waals surface area (Å²) in [5, 5.41) is 7.14. The quantitative estimate of drug-likeness (QED) is 0.613. The number of carbonyl (C=O) groups excluding carboxylic acids is 1. The number of para-hydroxylation sites is 1. The Labute approximate surface area is 90.0 Å². The van der Waals surface area contributed by atoms with Crippen LogP contribution >= 0.6 is 0 Å². The summed E-state index contributed by atoms with van der Waals surface area (Å²) < 4.78 is 13.2. The number of halogens is 1. The number of carbonyl (C=O) groups is 1. The zero-order chi connectivity index (χ0) is 11.5. The van der Waals surface area contributed by atoms with Crippen molar-refractivity contribution in [2.24, 2.45) is 15.9 Å². The molecule has 0 aromatic heterocycles. The fourth-order valence-corrected chi connectivity index (χ4v) is 1.11. The first-order valence-corrected chi connectivity index (χ1v) is 4.40. The predicted molar refractivity (Wildman–Crippen MR) is 57.2 cm³/mol. The minimum Gasteiger partial charge on any atom is -0.380 e. The number of amides is 1. The van der Waals surface area contributed by atoms with Crippen LogP contribution in [0, 0.1) is 5.82 Å². The van der Waals surface area contributed by atoms with Crippen LogP contribution in [0.5, 0.6) is 0 Å². The van der Waals surface area contributed by atoms with E-state index in [2.05, 4.69) is 21.1 Å². The van der Waals surface area contributed by atoms with Crippen molar-refractivity contribution >= 4 is 23.1 Å². The van der Waals surface area contributed by atoms with Crippen molar-refractivity contribution in [3.8, 4) is 0 Å². The second kappa shape index (κ2) is 3.97. The van der Waals surface area contributed by atoms with E-state index in [9.17, 15) is 9.18 Å². The molecule has 0 spiro atoms. The SMILES string of the molecule is NC1=NNC(=O)/C1=N\Nc1ccccc1F. The van der Waals surface area contributed by atoms with Gasteiger partial charge in [-0.05, 0) is 12.1 Å². The molecule has 1 heterocycles. The molecule has 82 valence electrons. The first kappa shape index (κ1) is 10.1.